The van der Waals surface area contributed by atoms with Crippen molar-refractivity contribution in [2.75, 3.05) is 24.5 Å². The van der Waals surface area contributed by atoms with Crippen LogP contribution in [-0.4, -0.2) is 40.4 Å². The second-order valence-electron chi connectivity index (χ2n) is 6.78. The van der Waals surface area contributed by atoms with Gasteiger partial charge in [-0.2, -0.15) is 0 Å². The first kappa shape index (κ1) is 15.6. The van der Waals surface area contributed by atoms with E-state index in [1.807, 2.05) is 4.90 Å². The number of hydrogen-bond acceptors (Lipinski definition) is 5. The number of carbonyl (C=O) groups is 1. The van der Waals surface area contributed by atoms with Gasteiger partial charge in [0.2, 0.25) is 5.95 Å². The van der Waals surface area contributed by atoms with Gasteiger partial charge in [0.15, 0.2) is 0 Å². The van der Waals surface area contributed by atoms with Gasteiger partial charge in [-0.1, -0.05) is 13.0 Å². The van der Waals surface area contributed by atoms with Crippen molar-refractivity contribution in [3.05, 3.63) is 39.8 Å². The van der Waals surface area contributed by atoms with E-state index < -0.39 is 0 Å². The highest BCUT2D eigenvalue weighted by Crippen LogP contribution is 2.25. The normalized spacial score (nSPS) is 20.5. The lowest BCUT2D eigenvalue weighted by Crippen LogP contribution is -2.35. The Morgan fingerprint density at radius 1 is 1.42 bits per heavy atom. The first-order chi connectivity index (χ1) is 11.7. The molecule has 1 fully saturated rings. The molecule has 4 heterocycles. The first-order valence-corrected chi connectivity index (χ1v) is 9.51. The van der Waals surface area contributed by atoms with Crippen LogP contribution >= 0.6 is 11.3 Å². The van der Waals surface area contributed by atoms with E-state index in [1.165, 1.54) is 17.7 Å². The third-order valence-electron chi connectivity index (χ3n) is 4.86. The van der Waals surface area contributed by atoms with E-state index in [0.717, 1.165) is 37.7 Å². The predicted octanol–water partition coefficient (Wildman–Crippen LogP) is 2.97. The van der Waals surface area contributed by atoms with Gasteiger partial charge >= 0.3 is 0 Å². The molecule has 126 valence electrons. The Morgan fingerprint density at radius 2 is 2.33 bits per heavy atom. The van der Waals surface area contributed by atoms with Crippen LogP contribution in [0, 0.1) is 5.92 Å². The molecule has 4 rings (SSSR count). The Hall–Kier alpha value is -1.95. The minimum Gasteiger partial charge on any atom is -0.341 e. The second-order valence-corrected chi connectivity index (χ2v) is 7.81. The van der Waals surface area contributed by atoms with Gasteiger partial charge in [-0.15, -0.1) is 11.3 Å². The Balaban J connectivity index is 1.46. The van der Waals surface area contributed by atoms with E-state index in [0.29, 0.717) is 18.0 Å². The van der Waals surface area contributed by atoms with Gasteiger partial charge in [0, 0.05) is 30.7 Å². The Kier molecular flexibility index (Phi) is 4.22. The van der Waals surface area contributed by atoms with Crippen LogP contribution in [0.5, 0.6) is 0 Å². The smallest absolute Gasteiger partial charge is 0.257 e. The predicted molar refractivity (Wildman–Crippen MR) is 95.4 cm³/mol. The molecule has 0 saturated carbocycles. The number of hydrogen-bond donors (Lipinski definition) is 0. The number of anilines is 1. The van der Waals surface area contributed by atoms with Gasteiger partial charge in [0.25, 0.3) is 5.91 Å². The van der Waals surface area contributed by atoms with Crippen LogP contribution in [0.25, 0.3) is 0 Å². The van der Waals surface area contributed by atoms with Crippen molar-refractivity contribution in [3.8, 4) is 0 Å². The summed E-state index contributed by atoms with van der Waals surface area (Å²) >= 11 is 1.74. The number of nitrogens with zero attached hydrogens (tertiary/aromatic N) is 4. The van der Waals surface area contributed by atoms with Gasteiger partial charge in [0.1, 0.15) is 0 Å². The van der Waals surface area contributed by atoms with Crippen molar-refractivity contribution in [1.29, 1.82) is 0 Å². The summed E-state index contributed by atoms with van der Waals surface area (Å²) in [6.07, 6.45) is 5.09. The second kappa shape index (κ2) is 6.51. The highest BCUT2D eigenvalue weighted by Gasteiger charge is 2.30. The Labute approximate surface area is 146 Å². The summed E-state index contributed by atoms with van der Waals surface area (Å²) in [5.74, 6) is 1.54. The number of amides is 1. The fraction of sp³-hybridized carbons (Fsp3) is 0.500. The van der Waals surface area contributed by atoms with Crippen LogP contribution in [0.4, 0.5) is 5.95 Å². The molecule has 0 radical (unpaired) electrons. The average Bonchev–Trinajstić information content (AvgIpc) is 3.21. The minimum absolute atomic E-state index is 0.0696. The number of aromatic nitrogens is 2. The number of carbonyl (C=O) groups excluding carboxylic acids is 1. The van der Waals surface area contributed by atoms with Gasteiger partial charge in [-0.25, -0.2) is 9.97 Å². The third kappa shape index (κ3) is 3.02. The standard InChI is InChI=1S/C18H22N4OS/c1-13-4-2-7-22(11-13)18-19-10-15-16(20-18)12-21(17(15)23)8-6-14-5-3-9-24-14/h3,5,9-10,13H,2,4,6-8,11-12H2,1H3. The molecule has 2 aromatic rings. The molecule has 0 aliphatic carbocycles. The van der Waals surface area contributed by atoms with E-state index in [4.69, 9.17) is 4.98 Å². The van der Waals surface area contributed by atoms with Crippen LogP contribution in [0.3, 0.4) is 0 Å². The molecule has 1 atom stereocenters. The van der Waals surface area contributed by atoms with Crippen molar-refractivity contribution < 1.29 is 4.79 Å². The molecule has 0 aromatic carbocycles. The SMILES string of the molecule is CC1CCCN(c2ncc3c(n2)CN(CCc2cccs2)C3=O)C1. The molecule has 1 amide bonds. The van der Waals surface area contributed by atoms with Crippen molar-refractivity contribution in [2.24, 2.45) is 5.92 Å². The summed E-state index contributed by atoms with van der Waals surface area (Å²) in [5.41, 5.74) is 1.56. The Morgan fingerprint density at radius 3 is 3.12 bits per heavy atom. The van der Waals surface area contributed by atoms with Gasteiger partial charge in [-0.05, 0) is 36.6 Å². The van der Waals surface area contributed by atoms with E-state index in [1.54, 1.807) is 17.5 Å². The quantitative estimate of drug-likeness (QED) is 0.857. The van der Waals surface area contributed by atoms with E-state index in [2.05, 4.69) is 34.3 Å². The maximum atomic E-state index is 12.5. The number of fused-ring (bicyclic) bond motifs is 1. The van der Waals surface area contributed by atoms with Crippen molar-refractivity contribution >= 4 is 23.2 Å². The summed E-state index contributed by atoms with van der Waals surface area (Å²) in [6, 6.07) is 4.17. The molecule has 1 saturated heterocycles. The average molecular weight is 342 g/mol. The van der Waals surface area contributed by atoms with Crippen LogP contribution in [0.2, 0.25) is 0 Å². The van der Waals surface area contributed by atoms with Crippen LogP contribution in [-0.2, 0) is 13.0 Å². The molecule has 24 heavy (non-hydrogen) atoms. The summed E-state index contributed by atoms with van der Waals surface area (Å²) in [6.45, 7) is 5.65. The van der Waals surface area contributed by atoms with Gasteiger partial charge in [-0.3, -0.25) is 4.79 Å². The number of piperidine rings is 1. The minimum atomic E-state index is 0.0696. The monoisotopic (exact) mass is 342 g/mol. The molecule has 2 aliphatic heterocycles. The van der Waals surface area contributed by atoms with Crippen LogP contribution in [0.15, 0.2) is 23.7 Å². The zero-order chi connectivity index (χ0) is 16.5. The molecule has 0 spiro atoms. The van der Waals surface area contributed by atoms with Crippen LogP contribution in [0.1, 0.15) is 40.7 Å². The van der Waals surface area contributed by atoms with Crippen molar-refractivity contribution in [3.63, 3.8) is 0 Å². The molecule has 0 bridgehead atoms. The maximum Gasteiger partial charge on any atom is 0.257 e. The largest absolute Gasteiger partial charge is 0.341 e. The van der Waals surface area contributed by atoms with Gasteiger partial charge in [0.05, 0.1) is 17.8 Å². The fourth-order valence-electron chi connectivity index (χ4n) is 3.53. The third-order valence-corrected chi connectivity index (χ3v) is 5.80. The summed E-state index contributed by atoms with van der Waals surface area (Å²) in [5, 5.41) is 2.08. The lowest BCUT2D eigenvalue weighted by molar-refractivity contribution is 0.0780. The maximum absolute atomic E-state index is 12.5. The molecule has 5 nitrogen and oxygen atoms in total. The summed E-state index contributed by atoms with van der Waals surface area (Å²) in [4.78, 5) is 27.2. The highest BCUT2D eigenvalue weighted by atomic mass is 32.1. The molecule has 2 aromatic heterocycles. The molecular formula is C18H22N4OS. The number of thiophene rings is 1. The van der Waals surface area contributed by atoms with Crippen molar-refractivity contribution in [1.82, 2.24) is 14.9 Å². The summed E-state index contributed by atoms with van der Waals surface area (Å²) in [7, 11) is 0. The number of rotatable bonds is 4. The Bertz CT molecular complexity index is 731. The van der Waals surface area contributed by atoms with Crippen LogP contribution < -0.4 is 4.90 Å². The van der Waals surface area contributed by atoms with Gasteiger partial charge < -0.3 is 9.80 Å². The zero-order valence-electron chi connectivity index (χ0n) is 13.9. The van der Waals surface area contributed by atoms with Crippen molar-refractivity contribution in [2.45, 2.75) is 32.7 Å². The molecule has 2 aliphatic rings. The van der Waals surface area contributed by atoms with E-state index >= 15 is 0 Å². The summed E-state index contributed by atoms with van der Waals surface area (Å²) < 4.78 is 0. The molecule has 6 heteroatoms. The van der Waals surface area contributed by atoms with E-state index in [-0.39, 0.29) is 5.91 Å². The highest BCUT2D eigenvalue weighted by molar-refractivity contribution is 7.09. The lowest BCUT2D eigenvalue weighted by atomic mass is 10.0. The zero-order valence-corrected chi connectivity index (χ0v) is 14.8. The fourth-order valence-corrected chi connectivity index (χ4v) is 4.23. The lowest BCUT2D eigenvalue weighted by Gasteiger charge is -2.30. The van der Waals surface area contributed by atoms with E-state index in [9.17, 15) is 4.79 Å². The molecular weight excluding hydrogens is 320 g/mol. The topological polar surface area (TPSA) is 49.3 Å². The molecule has 0 N–H and O–H groups in total. The molecule has 1 unspecified atom stereocenters. The first-order valence-electron chi connectivity index (χ1n) is 8.63.